The molecule has 2 N–H and O–H groups in total. The Kier molecular flexibility index (Phi) is 7.24. The van der Waals surface area contributed by atoms with Crippen LogP contribution in [-0.2, 0) is 17.6 Å². The maximum atomic E-state index is 13.2. The van der Waals surface area contributed by atoms with Crippen LogP contribution in [-0.4, -0.2) is 50.4 Å². The molecule has 0 radical (unpaired) electrons. The number of carbonyl (C=O) groups is 2. The molecule has 2 aromatic heterocycles. The topological polar surface area (TPSA) is 112 Å². The number of carbonyl (C=O) groups excluding carboxylic acids is 2. The summed E-state index contributed by atoms with van der Waals surface area (Å²) >= 11 is 1.47. The van der Waals surface area contributed by atoms with Gasteiger partial charge in [-0.3, -0.25) is 9.59 Å². The van der Waals surface area contributed by atoms with Crippen molar-refractivity contribution in [3.05, 3.63) is 46.0 Å². The molecule has 5 rings (SSSR count). The van der Waals surface area contributed by atoms with Crippen molar-refractivity contribution in [2.24, 2.45) is 0 Å². The Hall–Kier alpha value is -3.37. The first kappa shape index (κ1) is 24.3. The first-order valence-electron chi connectivity index (χ1n) is 12.1. The van der Waals surface area contributed by atoms with Crippen LogP contribution in [0, 0.1) is 0 Å². The van der Waals surface area contributed by atoms with Crippen LogP contribution in [0.3, 0.4) is 0 Å². The number of aryl methyl sites for hydroxylation is 1. The number of aromatic nitrogens is 1. The fourth-order valence-electron chi connectivity index (χ4n) is 4.67. The van der Waals surface area contributed by atoms with E-state index in [1.165, 1.54) is 11.3 Å². The van der Waals surface area contributed by atoms with Gasteiger partial charge in [-0.25, -0.2) is 0 Å². The van der Waals surface area contributed by atoms with E-state index in [1.54, 1.807) is 38.5 Å². The van der Waals surface area contributed by atoms with Gasteiger partial charge in [-0.2, -0.15) is 0 Å². The first-order valence-corrected chi connectivity index (χ1v) is 12.9. The summed E-state index contributed by atoms with van der Waals surface area (Å²) in [5, 5.41) is 10.4. The third-order valence-electron chi connectivity index (χ3n) is 6.55. The van der Waals surface area contributed by atoms with Gasteiger partial charge in [-0.05, 0) is 62.3 Å². The van der Waals surface area contributed by atoms with Crippen LogP contribution in [0.2, 0.25) is 0 Å². The molecule has 1 aliphatic carbocycles. The van der Waals surface area contributed by atoms with Crippen molar-refractivity contribution in [1.29, 1.82) is 0 Å². The molecule has 3 heterocycles. The third-order valence-corrected chi connectivity index (χ3v) is 7.76. The number of hydrogen-bond acceptors (Lipinski definition) is 8. The van der Waals surface area contributed by atoms with E-state index in [-0.39, 0.29) is 17.7 Å². The molecule has 2 amide bonds. The summed E-state index contributed by atoms with van der Waals surface area (Å²) in [4.78, 5) is 27.5. The van der Waals surface area contributed by atoms with Crippen molar-refractivity contribution in [3.63, 3.8) is 0 Å². The Bertz CT molecular complexity index is 1260. The van der Waals surface area contributed by atoms with Crippen LogP contribution >= 0.6 is 11.3 Å². The van der Waals surface area contributed by atoms with Gasteiger partial charge in [0.25, 0.3) is 11.8 Å². The van der Waals surface area contributed by atoms with Gasteiger partial charge in [0.2, 0.25) is 0 Å². The smallest absolute Gasteiger partial charge is 0.278 e. The van der Waals surface area contributed by atoms with E-state index in [0.717, 1.165) is 55.6 Å². The highest BCUT2D eigenvalue weighted by Crippen LogP contribution is 2.39. The average molecular weight is 512 g/mol. The molecule has 1 aliphatic heterocycles. The van der Waals surface area contributed by atoms with Crippen LogP contribution < -0.4 is 20.1 Å². The highest BCUT2D eigenvalue weighted by atomic mass is 32.1. The van der Waals surface area contributed by atoms with Crippen LogP contribution in [0.15, 0.2) is 28.8 Å². The molecule has 1 fully saturated rings. The lowest BCUT2D eigenvalue weighted by molar-refractivity contribution is 0.0858. The first-order chi connectivity index (χ1) is 17.6. The summed E-state index contributed by atoms with van der Waals surface area (Å²) in [6.07, 6.45) is 5.86. The maximum Gasteiger partial charge on any atom is 0.278 e. The molecule has 9 nitrogen and oxygen atoms in total. The zero-order valence-corrected chi connectivity index (χ0v) is 21.2. The van der Waals surface area contributed by atoms with E-state index >= 15 is 0 Å². The van der Waals surface area contributed by atoms with E-state index in [2.05, 4.69) is 15.8 Å². The Labute approximate surface area is 213 Å². The molecule has 190 valence electrons. The summed E-state index contributed by atoms with van der Waals surface area (Å²) in [7, 11) is 3.11. The summed E-state index contributed by atoms with van der Waals surface area (Å²) in [6, 6.07) is 6.88. The Morgan fingerprint density at radius 2 is 1.92 bits per heavy atom. The van der Waals surface area contributed by atoms with E-state index < -0.39 is 5.91 Å². The van der Waals surface area contributed by atoms with Crippen molar-refractivity contribution in [3.8, 4) is 22.8 Å². The molecule has 0 bridgehead atoms. The van der Waals surface area contributed by atoms with Crippen molar-refractivity contribution < 1.29 is 28.3 Å². The molecule has 0 spiro atoms. The molecule has 1 unspecified atom stereocenters. The van der Waals surface area contributed by atoms with Gasteiger partial charge in [0, 0.05) is 29.7 Å². The van der Waals surface area contributed by atoms with Crippen molar-refractivity contribution >= 4 is 28.2 Å². The number of nitrogens with one attached hydrogen (secondary N) is 2. The largest absolute Gasteiger partial charge is 0.493 e. The minimum atomic E-state index is -0.433. The number of thiophene rings is 1. The number of benzene rings is 1. The zero-order chi connectivity index (χ0) is 25.1. The zero-order valence-electron chi connectivity index (χ0n) is 20.3. The van der Waals surface area contributed by atoms with Gasteiger partial charge >= 0.3 is 0 Å². The molecule has 36 heavy (non-hydrogen) atoms. The monoisotopic (exact) mass is 511 g/mol. The fraction of sp³-hybridized carbons (Fsp3) is 0.423. The molecule has 1 atom stereocenters. The number of amides is 2. The summed E-state index contributed by atoms with van der Waals surface area (Å²) < 4.78 is 21.7. The highest BCUT2D eigenvalue weighted by molar-refractivity contribution is 7.17. The van der Waals surface area contributed by atoms with E-state index in [4.69, 9.17) is 18.7 Å². The number of fused-ring (bicyclic) bond motifs is 1. The second-order valence-electron chi connectivity index (χ2n) is 8.86. The van der Waals surface area contributed by atoms with Gasteiger partial charge in [0.1, 0.15) is 5.00 Å². The second-order valence-corrected chi connectivity index (χ2v) is 9.97. The standard InChI is InChI=1S/C26H29N3O6S/c1-32-19-10-9-15(12-21(19)33-2)20-13-18(29-35-20)24(30)28-26-23(17-7-3-4-8-22(17)36-26)25(31)27-14-16-6-5-11-34-16/h9-10,12-13,16H,3-8,11,14H2,1-2H3,(H,27,31)(H,28,30). The minimum Gasteiger partial charge on any atom is -0.493 e. The predicted octanol–water partition coefficient (Wildman–Crippen LogP) is 4.46. The number of nitrogens with zero attached hydrogens (tertiary/aromatic N) is 1. The summed E-state index contributed by atoms with van der Waals surface area (Å²) in [5.74, 6) is 0.940. The molecule has 3 aromatic rings. The van der Waals surface area contributed by atoms with Crippen molar-refractivity contribution in [1.82, 2.24) is 10.5 Å². The van der Waals surface area contributed by atoms with Gasteiger partial charge in [-0.1, -0.05) is 5.16 Å². The summed E-state index contributed by atoms with van der Waals surface area (Å²) in [5.41, 5.74) is 2.42. The molecule has 1 aromatic carbocycles. The number of anilines is 1. The quantitative estimate of drug-likeness (QED) is 0.459. The predicted molar refractivity (Wildman–Crippen MR) is 135 cm³/mol. The molecular weight excluding hydrogens is 482 g/mol. The maximum absolute atomic E-state index is 13.2. The number of rotatable bonds is 8. The average Bonchev–Trinajstić information content (AvgIpc) is 3.66. The second kappa shape index (κ2) is 10.7. The van der Waals surface area contributed by atoms with Gasteiger partial charge in [0.05, 0.1) is 25.9 Å². The molecule has 1 saturated heterocycles. The van der Waals surface area contributed by atoms with Crippen LogP contribution in [0.1, 0.15) is 57.0 Å². The number of hydrogen-bond donors (Lipinski definition) is 2. The molecule has 10 heteroatoms. The van der Waals surface area contributed by atoms with E-state index in [1.807, 2.05) is 0 Å². The molecule has 0 saturated carbocycles. The normalized spacial score (nSPS) is 16.9. The highest BCUT2D eigenvalue weighted by Gasteiger charge is 2.28. The Balaban J connectivity index is 1.35. The van der Waals surface area contributed by atoms with Crippen molar-refractivity contribution in [2.45, 2.75) is 44.6 Å². The van der Waals surface area contributed by atoms with Crippen molar-refractivity contribution in [2.75, 3.05) is 32.7 Å². The van der Waals surface area contributed by atoms with Crippen LogP contribution in [0.5, 0.6) is 11.5 Å². The van der Waals surface area contributed by atoms with Gasteiger partial charge in [-0.15, -0.1) is 11.3 Å². The van der Waals surface area contributed by atoms with E-state index in [9.17, 15) is 9.59 Å². The number of ether oxygens (including phenoxy) is 3. The van der Waals surface area contributed by atoms with Crippen LogP contribution in [0.25, 0.3) is 11.3 Å². The Morgan fingerprint density at radius 3 is 2.69 bits per heavy atom. The lowest BCUT2D eigenvalue weighted by atomic mass is 9.95. The molecule has 2 aliphatic rings. The van der Waals surface area contributed by atoms with Gasteiger partial charge < -0.3 is 29.4 Å². The van der Waals surface area contributed by atoms with Crippen LogP contribution in [0.4, 0.5) is 5.00 Å². The van der Waals surface area contributed by atoms with Gasteiger partial charge in [0.15, 0.2) is 23.0 Å². The number of methoxy groups -OCH3 is 2. The minimum absolute atomic E-state index is 0.0478. The Morgan fingerprint density at radius 1 is 1.08 bits per heavy atom. The SMILES string of the molecule is COc1ccc(-c2cc(C(=O)Nc3sc4c(c3C(=O)NCC3CCCO3)CCCC4)no2)cc1OC. The summed E-state index contributed by atoms with van der Waals surface area (Å²) in [6.45, 7) is 1.20. The third kappa shape index (κ3) is 4.96. The lowest BCUT2D eigenvalue weighted by Gasteiger charge is -2.15. The van der Waals surface area contributed by atoms with E-state index in [0.29, 0.717) is 39.9 Å². The lowest BCUT2D eigenvalue weighted by Crippen LogP contribution is -2.32. The fourth-order valence-corrected chi connectivity index (χ4v) is 5.95. The molecular formula is C26H29N3O6S.